The predicted molar refractivity (Wildman–Crippen MR) is 74.6 cm³/mol. The molecule has 1 N–H and O–H groups in total. The van der Waals surface area contributed by atoms with Crippen LogP contribution in [-0.2, 0) is 0 Å². The van der Waals surface area contributed by atoms with E-state index in [2.05, 4.69) is 24.1 Å². The summed E-state index contributed by atoms with van der Waals surface area (Å²) in [6.45, 7) is 5.96. The van der Waals surface area contributed by atoms with E-state index in [1.54, 1.807) is 0 Å². The molecule has 4 heteroatoms. The number of rotatable bonds is 4. The molecule has 1 aliphatic heterocycles. The molecule has 0 aromatic carbocycles. The van der Waals surface area contributed by atoms with Gasteiger partial charge in [0.25, 0.3) is 6.43 Å². The second-order valence-electron chi connectivity index (χ2n) is 6.50. The second kappa shape index (κ2) is 6.49. The maximum Gasteiger partial charge on any atom is 0.251 e. The van der Waals surface area contributed by atoms with Crippen LogP contribution >= 0.6 is 0 Å². The Hall–Kier alpha value is -0.220. The van der Waals surface area contributed by atoms with Gasteiger partial charge in [-0.2, -0.15) is 0 Å². The fraction of sp³-hybridized carbons (Fsp3) is 1.00. The summed E-state index contributed by atoms with van der Waals surface area (Å²) in [5.41, 5.74) is 0.122. The number of nitrogens with zero attached hydrogens (tertiary/aromatic N) is 1. The van der Waals surface area contributed by atoms with Crippen molar-refractivity contribution in [1.82, 2.24) is 10.2 Å². The number of nitrogens with one attached hydrogen (secondary N) is 1. The summed E-state index contributed by atoms with van der Waals surface area (Å²) in [5.74, 6) is 0.479. The van der Waals surface area contributed by atoms with E-state index in [9.17, 15) is 8.78 Å². The molecule has 0 amide bonds. The Kier molecular flexibility index (Phi) is 5.18. The Morgan fingerprint density at radius 3 is 2.53 bits per heavy atom. The molecular formula is C15H28F2N2. The highest BCUT2D eigenvalue weighted by atomic mass is 19.3. The third-order valence-corrected chi connectivity index (χ3v) is 5.14. The molecular weight excluding hydrogens is 246 g/mol. The lowest BCUT2D eigenvalue weighted by Crippen LogP contribution is -2.66. The fourth-order valence-electron chi connectivity index (χ4n) is 3.79. The van der Waals surface area contributed by atoms with Gasteiger partial charge in [-0.3, -0.25) is 4.90 Å². The van der Waals surface area contributed by atoms with Crippen molar-refractivity contribution in [1.29, 1.82) is 0 Å². The fourth-order valence-corrected chi connectivity index (χ4v) is 3.79. The summed E-state index contributed by atoms with van der Waals surface area (Å²) in [7, 11) is 0. The zero-order chi connectivity index (χ0) is 13.9. The Bertz CT molecular complexity index is 277. The van der Waals surface area contributed by atoms with Crippen molar-refractivity contribution in [2.24, 2.45) is 5.92 Å². The maximum absolute atomic E-state index is 12.9. The van der Waals surface area contributed by atoms with Crippen LogP contribution in [0.4, 0.5) is 8.78 Å². The van der Waals surface area contributed by atoms with E-state index >= 15 is 0 Å². The standard InChI is InChI=1S/C15H28F2N2/c1-3-12(2)13-9-18-15(7-5-4-6-8-15)11-19(13)10-14(16)17/h12-14,18H,3-11H2,1-2H3. The van der Waals surface area contributed by atoms with Gasteiger partial charge in [0.15, 0.2) is 0 Å². The molecule has 0 aromatic heterocycles. The van der Waals surface area contributed by atoms with E-state index in [-0.39, 0.29) is 18.1 Å². The Morgan fingerprint density at radius 2 is 1.95 bits per heavy atom. The van der Waals surface area contributed by atoms with Crippen molar-refractivity contribution < 1.29 is 8.78 Å². The quantitative estimate of drug-likeness (QED) is 0.846. The van der Waals surface area contributed by atoms with E-state index in [1.165, 1.54) is 19.3 Å². The first-order chi connectivity index (χ1) is 9.06. The minimum atomic E-state index is -2.22. The van der Waals surface area contributed by atoms with Crippen LogP contribution in [0.1, 0.15) is 52.4 Å². The van der Waals surface area contributed by atoms with Crippen LogP contribution in [0.5, 0.6) is 0 Å². The third-order valence-electron chi connectivity index (χ3n) is 5.14. The van der Waals surface area contributed by atoms with E-state index in [4.69, 9.17) is 0 Å². The van der Waals surface area contributed by atoms with Gasteiger partial charge in [-0.05, 0) is 18.8 Å². The number of piperazine rings is 1. The molecule has 112 valence electrons. The largest absolute Gasteiger partial charge is 0.308 e. The molecule has 2 aliphatic rings. The first-order valence-electron chi connectivity index (χ1n) is 7.83. The van der Waals surface area contributed by atoms with Gasteiger partial charge in [0, 0.05) is 24.7 Å². The SMILES string of the molecule is CCC(C)C1CNC2(CCCCC2)CN1CC(F)F. The molecule has 1 heterocycles. The summed E-state index contributed by atoms with van der Waals surface area (Å²) in [4.78, 5) is 2.07. The van der Waals surface area contributed by atoms with Crippen LogP contribution in [-0.4, -0.2) is 42.5 Å². The lowest BCUT2D eigenvalue weighted by Gasteiger charge is -2.51. The zero-order valence-electron chi connectivity index (χ0n) is 12.3. The van der Waals surface area contributed by atoms with Gasteiger partial charge >= 0.3 is 0 Å². The van der Waals surface area contributed by atoms with E-state index < -0.39 is 6.43 Å². The lowest BCUT2D eigenvalue weighted by molar-refractivity contribution is -0.00745. The predicted octanol–water partition coefficient (Wildman–Crippen LogP) is 3.27. The molecule has 2 fully saturated rings. The molecule has 19 heavy (non-hydrogen) atoms. The van der Waals surface area contributed by atoms with Crippen molar-refractivity contribution >= 4 is 0 Å². The first-order valence-corrected chi connectivity index (χ1v) is 7.83. The highest BCUT2D eigenvalue weighted by molar-refractivity contribution is 5.00. The molecule has 1 saturated carbocycles. The van der Waals surface area contributed by atoms with Crippen LogP contribution < -0.4 is 5.32 Å². The number of alkyl halides is 2. The first kappa shape index (κ1) is 15.2. The van der Waals surface area contributed by atoms with Gasteiger partial charge in [-0.15, -0.1) is 0 Å². The van der Waals surface area contributed by atoms with Crippen LogP contribution in [0.2, 0.25) is 0 Å². The molecule has 1 aliphatic carbocycles. The van der Waals surface area contributed by atoms with Crippen LogP contribution in [0.15, 0.2) is 0 Å². The average molecular weight is 274 g/mol. The molecule has 1 spiro atoms. The Morgan fingerprint density at radius 1 is 1.26 bits per heavy atom. The van der Waals surface area contributed by atoms with E-state index in [1.807, 2.05) is 0 Å². The smallest absolute Gasteiger partial charge is 0.251 e. The van der Waals surface area contributed by atoms with Gasteiger partial charge in [0.2, 0.25) is 0 Å². The van der Waals surface area contributed by atoms with Gasteiger partial charge in [-0.1, -0.05) is 39.5 Å². The van der Waals surface area contributed by atoms with Crippen molar-refractivity contribution in [3.63, 3.8) is 0 Å². The summed E-state index contributed by atoms with van der Waals surface area (Å²) < 4.78 is 25.7. The van der Waals surface area contributed by atoms with Crippen molar-refractivity contribution in [2.45, 2.75) is 70.4 Å². The van der Waals surface area contributed by atoms with Gasteiger partial charge in [0.05, 0.1) is 6.54 Å². The molecule has 0 bridgehead atoms. The molecule has 2 unspecified atom stereocenters. The van der Waals surface area contributed by atoms with Gasteiger partial charge in [-0.25, -0.2) is 8.78 Å². The summed E-state index contributed by atoms with van der Waals surface area (Å²) in [5, 5.41) is 3.72. The van der Waals surface area contributed by atoms with Crippen LogP contribution in [0, 0.1) is 5.92 Å². The highest BCUT2D eigenvalue weighted by Gasteiger charge is 2.41. The minimum Gasteiger partial charge on any atom is -0.308 e. The monoisotopic (exact) mass is 274 g/mol. The molecule has 0 aromatic rings. The molecule has 2 rings (SSSR count). The Labute approximate surface area is 115 Å². The van der Waals surface area contributed by atoms with Crippen molar-refractivity contribution in [2.75, 3.05) is 19.6 Å². The maximum atomic E-state index is 12.9. The molecule has 2 atom stereocenters. The summed E-state index contributed by atoms with van der Waals surface area (Å²) >= 11 is 0. The second-order valence-corrected chi connectivity index (χ2v) is 6.50. The number of halogens is 2. The van der Waals surface area contributed by atoms with Gasteiger partial charge < -0.3 is 5.32 Å². The summed E-state index contributed by atoms with van der Waals surface area (Å²) in [6, 6.07) is 0.270. The van der Waals surface area contributed by atoms with E-state index in [0.29, 0.717) is 5.92 Å². The molecule has 2 nitrogen and oxygen atoms in total. The minimum absolute atomic E-state index is 0.0571. The Balaban J connectivity index is 2.05. The zero-order valence-corrected chi connectivity index (χ0v) is 12.3. The number of hydrogen-bond donors (Lipinski definition) is 1. The third kappa shape index (κ3) is 3.66. The van der Waals surface area contributed by atoms with Crippen LogP contribution in [0.3, 0.4) is 0 Å². The highest BCUT2D eigenvalue weighted by Crippen LogP contribution is 2.33. The average Bonchev–Trinajstić information content (AvgIpc) is 2.38. The molecule has 0 radical (unpaired) electrons. The molecule has 1 saturated heterocycles. The van der Waals surface area contributed by atoms with Crippen LogP contribution in [0.25, 0.3) is 0 Å². The topological polar surface area (TPSA) is 15.3 Å². The number of hydrogen-bond acceptors (Lipinski definition) is 2. The summed E-state index contributed by atoms with van der Waals surface area (Å²) in [6.07, 6.45) is 4.92. The van der Waals surface area contributed by atoms with Gasteiger partial charge in [0.1, 0.15) is 0 Å². The van der Waals surface area contributed by atoms with Crippen molar-refractivity contribution in [3.8, 4) is 0 Å². The lowest BCUT2D eigenvalue weighted by atomic mass is 9.78. The normalized spacial score (nSPS) is 29.8. The van der Waals surface area contributed by atoms with E-state index in [0.717, 1.165) is 32.4 Å². The van der Waals surface area contributed by atoms with Crippen molar-refractivity contribution in [3.05, 3.63) is 0 Å².